The lowest BCUT2D eigenvalue weighted by Crippen LogP contribution is -2.27. The van der Waals surface area contributed by atoms with Crippen molar-refractivity contribution in [2.75, 3.05) is 0 Å². The third kappa shape index (κ3) is 12.9. The molecule has 0 heterocycles. The van der Waals surface area contributed by atoms with Crippen LogP contribution in [0, 0.1) is 0 Å². The van der Waals surface area contributed by atoms with E-state index in [9.17, 15) is 0 Å². The highest BCUT2D eigenvalue weighted by molar-refractivity contribution is 6.12. The lowest BCUT2D eigenvalue weighted by Gasteiger charge is -2.35. The Morgan fingerprint density at radius 3 is 0.843 bits per heavy atom. The van der Waals surface area contributed by atoms with Gasteiger partial charge < -0.3 is 0 Å². The summed E-state index contributed by atoms with van der Waals surface area (Å²) < 4.78 is 0. The van der Waals surface area contributed by atoms with E-state index in [4.69, 9.17) is 0 Å². The molecule has 534 valence electrons. The van der Waals surface area contributed by atoms with E-state index in [1.165, 1.54) is 321 Å². The minimum absolute atomic E-state index is 0.0920. The van der Waals surface area contributed by atoms with E-state index >= 15 is 0 Å². The summed E-state index contributed by atoms with van der Waals surface area (Å²) >= 11 is 0. The van der Waals surface area contributed by atoms with Gasteiger partial charge in [0.2, 0.25) is 0 Å². The monoisotopic (exact) mass is 1350 g/mol. The molecule has 9 aromatic rings. The predicted molar refractivity (Wildman–Crippen MR) is 444 cm³/mol. The Kier molecular flexibility index (Phi) is 21.6. The van der Waals surface area contributed by atoms with Crippen molar-refractivity contribution in [2.45, 2.75) is 333 Å². The molecule has 102 heavy (non-hydrogen) atoms. The molecule has 9 aromatic carbocycles. The number of unbranched alkanes of at least 4 members (excludes halogenated alkanes) is 20. The van der Waals surface area contributed by atoms with Gasteiger partial charge in [-0.15, -0.1) is 0 Å². The molecule has 2 fully saturated rings. The van der Waals surface area contributed by atoms with E-state index in [-0.39, 0.29) is 21.7 Å². The highest BCUT2D eigenvalue weighted by Gasteiger charge is 2.51. The molecule has 0 heteroatoms. The summed E-state index contributed by atoms with van der Waals surface area (Å²) in [6.45, 7) is 20.0. The summed E-state index contributed by atoms with van der Waals surface area (Å²) in [5, 5.41) is 5.73. The summed E-state index contributed by atoms with van der Waals surface area (Å²) in [4.78, 5) is 0. The molecule has 0 radical (unpaired) electrons. The van der Waals surface area contributed by atoms with Gasteiger partial charge in [0.05, 0.1) is 0 Å². The van der Waals surface area contributed by atoms with Crippen LogP contribution in [0.3, 0.4) is 0 Å². The number of rotatable bonds is 32. The van der Waals surface area contributed by atoms with E-state index in [0.29, 0.717) is 11.8 Å². The van der Waals surface area contributed by atoms with Crippen LogP contribution in [0.25, 0.3) is 88.3 Å². The van der Waals surface area contributed by atoms with Crippen LogP contribution < -0.4 is 0 Å². The largest absolute Gasteiger partial charge is 0.0654 e. The minimum Gasteiger partial charge on any atom is -0.0654 e. The Bertz CT molecular complexity index is 4130. The van der Waals surface area contributed by atoms with Crippen molar-refractivity contribution in [3.8, 4) is 66.8 Å². The van der Waals surface area contributed by atoms with Crippen molar-refractivity contribution in [3.63, 3.8) is 0 Å². The molecule has 0 amide bonds. The van der Waals surface area contributed by atoms with E-state index in [1.54, 1.807) is 66.8 Å². The fourth-order valence-corrected chi connectivity index (χ4v) is 22.2. The smallest absolute Gasteiger partial charge is 0.0215 e. The van der Waals surface area contributed by atoms with Gasteiger partial charge in [0.1, 0.15) is 0 Å². The maximum atomic E-state index is 2.97. The quantitative estimate of drug-likeness (QED) is 0.0369. The zero-order valence-corrected chi connectivity index (χ0v) is 64.9. The predicted octanol–water partition coefficient (Wildman–Crippen LogP) is 31.6. The molecule has 0 atom stereocenters. The summed E-state index contributed by atoms with van der Waals surface area (Å²) in [5.74, 6) is 1.26. The zero-order valence-electron chi connectivity index (χ0n) is 64.9. The Hall–Kier alpha value is -6.50. The molecule has 0 spiro atoms. The third-order valence-electron chi connectivity index (χ3n) is 27.9. The van der Waals surface area contributed by atoms with E-state index in [0.717, 1.165) is 0 Å². The molecule has 0 aliphatic heterocycles. The van der Waals surface area contributed by atoms with Crippen molar-refractivity contribution in [3.05, 3.63) is 201 Å². The second-order valence-corrected chi connectivity index (χ2v) is 34.9. The normalized spacial score (nSPS) is 17.2. The maximum Gasteiger partial charge on any atom is 0.0215 e. The first-order valence-corrected chi connectivity index (χ1v) is 42.9. The highest BCUT2D eigenvalue weighted by atomic mass is 14.5. The van der Waals surface area contributed by atoms with E-state index in [1.807, 2.05) is 0 Å². The number of fused-ring (bicyclic) bond motifs is 16. The van der Waals surface area contributed by atoms with Gasteiger partial charge >= 0.3 is 0 Å². The molecule has 0 N–H and O–H groups in total. The second-order valence-electron chi connectivity index (χ2n) is 34.9. The van der Waals surface area contributed by atoms with Crippen LogP contribution in [0.15, 0.2) is 146 Å². The maximum absolute atomic E-state index is 2.97. The van der Waals surface area contributed by atoms with Gasteiger partial charge in [-0.05, 0) is 256 Å². The van der Waals surface area contributed by atoms with Crippen molar-refractivity contribution >= 4 is 21.5 Å². The summed E-state index contributed by atoms with van der Waals surface area (Å²) in [6, 6.07) is 61.5. The summed E-state index contributed by atoms with van der Waals surface area (Å²) in [6.07, 6.45) is 50.0. The Morgan fingerprint density at radius 1 is 0.245 bits per heavy atom. The second kappa shape index (κ2) is 30.9. The van der Waals surface area contributed by atoms with Gasteiger partial charge in [-0.25, -0.2) is 0 Å². The van der Waals surface area contributed by atoms with Gasteiger partial charge in [0, 0.05) is 21.7 Å². The van der Waals surface area contributed by atoms with Crippen LogP contribution in [-0.4, -0.2) is 0 Å². The zero-order chi connectivity index (χ0) is 70.0. The van der Waals surface area contributed by atoms with Crippen molar-refractivity contribution in [2.24, 2.45) is 0 Å². The molecular weight excluding hydrogens is 1230 g/mol. The average molecular weight is 1350 g/mol. The first-order valence-electron chi connectivity index (χ1n) is 42.9. The van der Waals surface area contributed by atoms with Crippen LogP contribution in [0.1, 0.15) is 367 Å². The fraction of sp³-hybridized carbons (Fsp3) is 0.510. The first kappa shape index (κ1) is 71.1. The molecule has 0 aromatic heterocycles. The minimum atomic E-state index is -0.193. The molecule has 6 aliphatic carbocycles. The van der Waals surface area contributed by atoms with Crippen LogP contribution >= 0.6 is 0 Å². The molecule has 0 saturated heterocycles. The lowest BCUT2D eigenvalue weighted by atomic mass is 9.68. The van der Waals surface area contributed by atoms with Gasteiger partial charge in [-0.2, -0.15) is 0 Å². The first-order chi connectivity index (χ1) is 50.0. The topological polar surface area (TPSA) is 0 Å². The van der Waals surface area contributed by atoms with Gasteiger partial charge in [0.25, 0.3) is 0 Å². The standard InChI is InChI=1S/C102H126/c1-9-13-17-21-25-43-59-101(60-44-26-22-18-14-10-2)91-67-86-84-66-90-88(98-80-58-42-40-56-78(80)82(64-96(98)100(90,7)8)76-54-38-36-52-74(76)72-49-33-30-34-50-72)70-94(84)102(61-45-27-23-19-15-11-3,62-46-28-24-20-16-12-4)92(86)68-85(91)83-65-89-87(69-93(83)101)97-79-57-41-39-55-77(79)81(63-95(97)99(89,5)6)75-53-37-35-51-73(75)71-47-31-29-32-48-71/h35-42,51-58,63-72H,9-34,43-50,59-62H2,1-8H3. The Balaban J connectivity index is 0.949. The number of hydrogen-bond donors (Lipinski definition) is 0. The molecule has 2 saturated carbocycles. The fourth-order valence-electron chi connectivity index (χ4n) is 22.2. The van der Waals surface area contributed by atoms with Gasteiger partial charge in [-0.1, -0.05) is 345 Å². The van der Waals surface area contributed by atoms with Crippen LogP contribution in [0.2, 0.25) is 0 Å². The van der Waals surface area contributed by atoms with Crippen molar-refractivity contribution in [1.82, 2.24) is 0 Å². The summed E-state index contributed by atoms with van der Waals surface area (Å²) in [7, 11) is 0. The molecule has 0 bridgehead atoms. The van der Waals surface area contributed by atoms with E-state index in [2.05, 4.69) is 201 Å². The van der Waals surface area contributed by atoms with Crippen LogP contribution in [0.4, 0.5) is 0 Å². The third-order valence-corrected chi connectivity index (χ3v) is 27.9. The average Bonchev–Trinajstić information content (AvgIpc) is 1.51. The van der Waals surface area contributed by atoms with Crippen molar-refractivity contribution < 1.29 is 0 Å². The molecular formula is C102H126. The lowest BCUT2D eigenvalue weighted by molar-refractivity contribution is 0.394. The number of hydrogen-bond acceptors (Lipinski definition) is 0. The van der Waals surface area contributed by atoms with Crippen LogP contribution in [0.5, 0.6) is 0 Å². The molecule has 0 unspecified atom stereocenters. The Morgan fingerprint density at radius 2 is 0.510 bits per heavy atom. The summed E-state index contributed by atoms with van der Waals surface area (Å²) in [5.41, 5.74) is 33.6. The van der Waals surface area contributed by atoms with Crippen molar-refractivity contribution in [1.29, 1.82) is 0 Å². The molecule has 15 rings (SSSR count). The van der Waals surface area contributed by atoms with E-state index < -0.39 is 0 Å². The van der Waals surface area contributed by atoms with Gasteiger partial charge in [-0.3, -0.25) is 0 Å². The van der Waals surface area contributed by atoms with Gasteiger partial charge in [0.15, 0.2) is 0 Å². The SMILES string of the molecule is CCCCCCCCC1(CCCCCCCC)c2cc3c(cc2-c2cc4c(cc21)-c1cc2c(cc1C4(CCCCCCCC)CCCCCCCC)-c1c(cc(-c4ccccc4C4CCCCC4)c4ccccc14)C2(C)C)C(C)(C)c1cc(-c2ccccc2C2CCCCC2)c2ccccc2c1-3. The molecule has 0 nitrogen and oxygen atoms in total. The highest BCUT2D eigenvalue weighted by Crippen LogP contribution is 2.66. The number of benzene rings is 9. The Labute approximate surface area is 618 Å². The van der Waals surface area contributed by atoms with Crippen LogP contribution in [-0.2, 0) is 21.7 Å². The molecule has 6 aliphatic rings.